The second-order valence-electron chi connectivity index (χ2n) is 3.85. The summed E-state index contributed by atoms with van der Waals surface area (Å²) in [6.07, 6.45) is -4.47. The van der Waals surface area contributed by atoms with Gasteiger partial charge in [0.15, 0.2) is 0 Å². The summed E-state index contributed by atoms with van der Waals surface area (Å²) in [5.41, 5.74) is -1.04. The third-order valence-electron chi connectivity index (χ3n) is 2.56. The number of aliphatic hydroxyl groups is 1. The highest BCUT2D eigenvalue weighted by atomic mass is 19.4. The average molecular weight is 265 g/mol. The Labute approximate surface area is 103 Å². The molecule has 6 heteroatoms. The first-order valence-electron chi connectivity index (χ1n) is 5.61. The molecular weight excluding hydrogens is 250 g/mol. The molecule has 0 fully saturated rings. The maximum Gasteiger partial charge on any atom is 0.416 e. The number of halogens is 4. The van der Waals surface area contributed by atoms with Gasteiger partial charge in [0, 0.05) is 12.6 Å². The van der Waals surface area contributed by atoms with E-state index >= 15 is 0 Å². The summed E-state index contributed by atoms with van der Waals surface area (Å²) in [5.74, 6) is -0.926. The minimum absolute atomic E-state index is 0.0419. The monoisotopic (exact) mass is 265 g/mol. The Bertz CT molecular complexity index is 386. The molecule has 0 aliphatic rings. The second-order valence-corrected chi connectivity index (χ2v) is 3.85. The van der Waals surface area contributed by atoms with E-state index in [1.807, 2.05) is 0 Å². The lowest BCUT2D eigenvalue weighted by Crippen LogP contribution is -2.25. The fourth-order valence-electron chi connectivity index (χ4n) is 1.82. The van der Waals surface area contributed by atoms with Crippen LogP contribution in [0.1, 0.15) is 30.5 Å². The third kappa shape index (κ3) is 3.68. The highest BCUT2D eigenvalue weighted by molar-refractivity contribution is 5.33. The van der Waals surface area contributed by atoms with Crippen LogP contribution < -0.4 is 5.32 Å². The minimum atomic E-state index is -4.61. The Hall–Kier alpha value is -1.14. The Morgan fingerprint density at radius 3 is 2.50 bits per heavy atom. The number of hydrogen-bond acceptors (Lipinski definition) is 2. The molecule has 1 unspecified atom stereocenters. The van der Waals surface area contributed by atoms with Crippen LogP contribution in [0, 0.1) is 5.82 Å². The van der Waals surface area contributed by atoms with Gasteiger partial charge in [-0.2, -0.15) is 13.2 Å². The molecule has 0 aliphatic heterocycles. The summed E-state index contributed by atoms with van der Waals surface area (Å²) >= 11 is 0. The van der Waals surface area contributed by atoms with Crippen molar-refractivity contribution < 1.29 is 22.7 Å². The quantitative estimate of drug-likeness (QED) is 0.802. The maximum absolute atomic E-state index is 12.9. The average Bonchev–Trinajstić information content (AvgIpc) is 2.27. The predicted octanol–water partition coefficient (Wildman–Crippen LogP) is 2.88. The summed E-state index contributed by atoms with van der Waals surface area (Å²) in [4.78, 5) is 0. The van der Waals surface area contributed by atoms with E-state index < -0.39 is 23.6 Å². The van der Waals surface area contributed by atoms with Crippen molar-refractivity contribution in [2.24, 2.45) is 0 Å². The summed E-state index contributed by atoms with van der Waals surface area (Å²) in [5, 5.41) is 11.7. The summed E-state index contributed by atoms with van der Waals surface area (Å²) in [6.45, 7) is 1.97. The van der Waals surface area contributed by atoms with Crippen molar-refractivity contribution in [2.45, 2.75) is 25.6 Å². The van der Waals surface area contributed by atoms with Crippen LogP contribution >= 0.6 is 0 Å². The standard InChI is InChI=1S/C12H15F4NO/c1-2-17-11(5-6-18)9-4-3-8(13)7-10(9)12(14,15)16/h3-4,7,11,17-18H,2,5-6H2,1H3. The second kappa shape index (κ2) is 6.15. The van der Waals surface area contributed by atoms with Crippen LogP contribution in [-0.4, -0.2) is 18.3 Å². The van der Waals surface area contributed by atoms with Gasteiger partial charge in [-0.1, -0.05) is 13.0 Å². The zero-order valence-corrected chi connectivity index (χ0v) is 9.89. The molecule has 2 nitrogen and oxygen atoms in total. The first-order valence-corrected chi connectivity index (χ1v) is 5.61. The van der Waals surface area contributed by atoms with Crippen molar-refractivity contribution in [3.05, 3.63) is 35.1 Å². The Morgan fingerprint density at radius 2 is 2.00 bits per heavy atom. The highest BCUT2D eigenvalue weighted by Gasteiger charge is 2.35. The van der Waals surface area contributed by atoms with Gasteiger partial charge in [0.2, 0.25) is 0 Å². The number of aliphatic hydroxyl groups excluding tert-OH is 1. The fraction of sp³-hybridized carbons (Fsp3) is 0.500. The highest BCUT2D eigenvalue weighted by Crippen LogP contribution is 2.35. The Kier molecular flexibility index (Phi) is 5.10. The van der Waals surface area contributed by atoms with E-state index in [4.69, 9.17) is 5.11 Å². The van der Waals surface area contributed by atoms with Crippen molar-refractivity contribution in [2.75, 3.05) is 13.2 Å². The van der Waals surface area contributed by atoms with E-state index in [0.29, 0.717) is 12.6 Å². The van der Waals surface area contributed by atoms with E-state index in [1.165, 1.54) is 0 Å². The summed E-state index contributed by atoms with van der Waals surface area (Å²) in [7, 11) is 0. The number of hydrogen-bond donors (Lipinski definition) is 2. The van der Waals surface area contributed by atoms with Gasteiger partial charge in [0.1, 0.15) is 5.82 Å². The van der Waals surface area contributed by atoms with Crippen LogP contribution in [0.15, 0.2) is 18.2 Å². The van der Waals surface area contributed by atoms with Gasteiger partial charge >= 0.3 is 6.18 Å². The van der Waals surface area contributed by atoms with Crippen LogP contribution in [-0.2, 0) is 6.18 Å². The lowest BCUT2D eigenvalue weighted by Gasteiger charge is -2.21. The number of nitrogens with one attached hydrogen (secondary N) is 1. The van der Waals surface area contributed by atoms with Gasteiger partial charge in [0.25, 0.3) is 0 Å². The largest absolute Gasteiger partial charge is 0.416 e. The zero-order valence-electron chi connectivity index (χ0n) is 9.89. The Balaban J connectivity index is 3.20. The molecule has 1 aromatic rings. The van der Waals surface area contributed by atoms with Crippen molar-refractivity contribution in [3.8, 4) is 0 Å². The smallest absolute Gasteiger partial charge is 0.396 e. The van der Waals surface area contributed by atoms with E-state index in [2.05, 4.69) is 5.32 Å². The molecule has 0 saturated carbocycles. The molecule has 0 aromatic heterocycles. The van der Waals surface area contributed by atoms with Gasteiger partial charge in [-0.15, -0.1) is 0 Å². The van der Waals surface area contributed by atoms with Crippen molar-refractivity contribution >= 4 is 0 Å². The van der Waals surface area contributed by atoms with Gasteiger partial charge in [-0.05, 0) is 30.7 Å². The number of benzene rings is 1. The lowest BCUT2D eigenvalue weighted by molar-refractivity contribution is -0.138. The van der Waals surface area contributed by atoms with Crippen LogP contribution in [0.5, 0.6) is 0 Å². The minimum Gasteiger partial charge on any atom is -0.396 e. The Morgan fingerprint density at radius 1 is 1.33 bits per heavy atom. The van der Waals surface area contributed by atoms with E-state index in [1.54, 1.807) is 6.92 Å². The molecule has 0 bridgehead atoms. The molecule has 0 aliphatic carbocycles. The van der Waals surface area contributed by atoms with E-state index in [-0.39, 0.29) is 18.6 Å². The molecule has 0 spiro atoms. The summed E-state index contributed by atoms with van der Waals surface area (Å²) < 4.78 is 51.4. The SMILES string of the molecule is CCNC(CCO)c1ccc(F)cc1C(F)(F)F. The number of alkyl halides is 3. The first kappa shape index (κ1) is 14.9. The normalized spacial score (nSPS) is 13.7. The van der Waals surface area contributed by atoms with Crippen molar-refractivity contribution in [1.29, 1.82) is 0 Å². The van der Waals surface area contributed by atoms with Gasteiger partial charge in [0.05, 0.1) is 5.56 Å². The van der Waals surface area contributed by atoms with Gasteiger partial charge < -0.3 is 10.4 Å². The fourth-order valence-corrected chi connectivity index (χ4v) is 1.82. The van der Waals surface area contributed by atoms with Gasteiger partial charge in [-0.3, -0.25) is 0 Å². The molecule has 0 saturated heterocycles. The van der Waals surface area contributed by atoms with Crippen LogP contribution in [0.25, 0.3) is 0 Å². The molecule has 18 heavy (non-hydrogen) atoms. The lowest BCUT2D eigenvalue weighted by atomic mass is 9.97. The maximum atomic E-state index is 12.9. The number of rotatable bonds is 5. The molecule has 1 atom stereocenters. The molecule has 1 aromatic carbocycles. The van der Waals surface area contributed by atoms with Crippen molar-refractivity contribution in [3.63, 3.8) is 0 Å². The summed E-state index contributed by atoms with van der Waals surface area (Å²) in [6, 6.07) is 1.95. The van der Waals surface area contributed by atoms with E-state index in [9.17, 15) is 17.6 Å². The zero-order chi connectivity index (χ0) is 13.8. The molecule has 2 N–H and O–H groups in total. The topological polar surface area (TPSA) is 32.3 Å². The van der Waals surface area contributed by atoms with Crippen LogP contribution in [0.4, 0.5) is 17.6 Å². The van der Waals surface area contributed by atoms with Gasteiger partial charge in [-0.25, -0.2) is 4.39 Å². The molecule has 0 radical (unpaired) electrons. The molecule has 1 rings (SSSR count). The van der Waals surface area contributed by atoms with Crippen molar-refractivity contribution in [1.82, 2.24) is 5.32 Å². The van der Waals surface area contributed by atoms with Crippen LogP contribution in [0.3, 0.4) is 0 Å². The predicted molar refractivity (Wildman–Crippen MR) is 59.5 cm³/mol. The first-order chi connectivity index (χ1) is 8.40. The van der Waals surface area contributed by atoms with Crippen LogP contribution in [0.2, 0.25) is 0 Å². The third-order valence-corrected chi connectivity index (χ3v) is 2.56. The van der Waals surface area contributed by atoms with E-state index in [0.717, 1.165) is 12.1 Å². The molecule has 0 heterocycles. The molecule has 102 valence electrons. The molecule has 0 amide bonds. The molecular formula is C12H15F4NO.